The first-order valence-corrected chi connectivity index (χ1v) is 11.5. The molecule has 0 spiro atoms. The number of hydrogen-bond acceptors (Lipinski definition) is 6. The van der Waals surface area contributed by atoms with Crippen LogP contribution in [0.3, 0.4) is 0 Å². The molecule has 0 bridgehead atoms. The summed E-state index contributed by atoms with van der Waals surface area (Å²) in [6.07, 6.45) is 3.51. The summed E-state index contributed by atoms with van der Waals surface area (Å²) in [7, 11) is 0. The molecule has 1 aliphatic heterocycles. The Morgan fingerprint density at radius 2 is 2.07 bits per heavy atom. The lowest BCUT2D eigenvalue weighted by Gasteiger charge is -2.27. The number of hydrogen-bond donors (Lipinski definition) is 0. The lowest BCUT2D eigenvalue weighted by Crippen LogP contribution is -2.39. The number of rotatable bonds is 8. The Labute approximate surface area is 181 Å². The molecule has 30 heavy (non-hydrogen) atoms. The highest BCUT2D eigenvalue weighted by atomic mass is 32.1. The molecule has 0 radical (unpaired) electrons. The first kappa shape index (κ1) is 21.0. The number of aryl methyl sites for hydroxylation is 2. The maximum atomic E-state index is 13.5. The van der Waals surface area contributed by atoms with Crippen LogP contribution in [0.4, 0.5) is 5.13 Å². The second-order valence-electron chi connectivity index (χ2n) is 7.41. The molecule has 7 nitrogen and oxygen atoms in total. The molecule has 0 aliphatic carbocycles. The summed E-state index contributed by atoms with van der Waals surface area (Å²) in [5.74, 6) is -0.0339. The van der Waals surface area contributed by atoms with E-state index in [0.717, 1.165) is 61.0 Å². The Bertz CT molecular complexity index is 992. The van der Waals surface area contributed by atoms with E-state index in [1.165, 1.54) is 5.56 Å². The normalized spacial score (nSPS) is 15.0. The Hall–Kier alpha value is -2.29. The lowest BCUT2D eigenvalue weighted by molar-refractivity contribution is 0.0376. The highest BCUT2D eigenvalue weighted by Crippen LogP contribution is 2.32. The fourth-order valence-electron chi connectivity index (χ4n) is 3.86. The molecule has 1 amide bonds. The maximum absolute atomic E-state index is 13.5. The molecule has 1 aromatic carbocycles. The zero-order valence-corrected chi connectivity index (χ0v) is 18.5. The summed E-state index contributed by atoms with van der Waals surface area (Å²) >= 11 is 1.59. The van der Waals surface area contributed by atoms with Gasteiger partial charge in [0.2, 0.25) is 0 Å². The van der Waals surface area contributed by atoms with Crippen molar-refractivity contribution >= 4 is 32.6 Å². The van der Waals surface area contributed by atoms with E-state index >= 15 is 0 Å². The van der Waals surface area contributed by atoms with E-state index in [4.69, 9.17) is 9.72 Å². The predicted molar refractivity (Wildman–Crippen MR) is 120 cm³/mol. The van der Waals surface area contributed by atoms with Crippen LogP contribution in [0.2, 0.25) is 0 Å². The van der Waals surface area contributed by atoms with Gasteiger partial charge in [-0.05, 0) is 37.5 Å². The Balaban J connectivity index is 1.60. The van der Waals surface area contributed by atoms with Gasteiger partial charge in [0, 0.05) is 38.9 Å². The van der Waals surface area contributed by atoms with Gasteiger partial charge in [-0.3, -0.25) is 19.3 Å². The van der Waals surface area contributed by atoms with Crippen molar-refractivity contribution in [3.8, 4) is 0 Å². The smallest absolute Gasteiger partial charge is 0.278 e. The molecular formula is C22H29N5O2S. The van der Waals surface area contributed by atoms with E-state index in [0.29, 0.717) is 18.8 Å². The van der Waals surface area contributed by atoms with Crippen LogP contribution in [0.5, 0.6) is 0 Å². The molecule has 0 saturated carbocycles. The van der Waals surface area contributed by atoms with Gasteiger partial charge in [-0.15, -0.1) is 0 Å². The third-order valence-corrected chi connectivity index (χ3v) is 6.59. The fourth-order valence-corrected chi connectivity index (χ4v) is 4.90. The molecule has 8 heteroatoms. The third-order valence-electron chi connectivity index (χ3n) is 5.54. The molecule has 2 aromatic heterocycles. The Morgan fingerprint density at radius 1 is 1.23 bits per heavy atom. The van der Waals surface area contributed by atoms with E-state index in [1.807, 2.05) is 11.8 Å². The highest BCUT2D eigenvalue weighted by Gasteiger charge is 2.24. The van der Waals surface area contributed by atoms with Gasteiger partial charge in [-0.2, -0.15) is 5.10 Å². The average molecular weight is 428 g/mol. The predicted octanol–water partition coefficient (Wildman–Crippen LogP) is 3.44. The van der Waals surface area contributed by atoms with E-state index in [1.54, 1.807) is 28.3 Å². The summed E-state index contributed by atoms with van der Waals surface area (Å²) in [5.41, 5.74) is 2.84. The Kier molecular flexibility index (Phi) is 6.76. The monoisotopic (exact) mass is 427 g/mol. The van der Waals surface area contributed by atoms with Crippen molar-refractivity contribution in [2.24, 2.45) is 0 Å². The quantitative estimate of drug-likeness (QED) is 0.551. The summed E-state index contributed by atoms with van der Waals surface area (Å²) in [4.78, 5) is 22.6. The molecule has 1 fully saturated rings. The van der Waals surface area contributed by atoms with Gasteiger partial charge in [-0.1, -0.05) is 30.4 Å². The van der Waals surface area contributed by atoms with Gasteiger partial charge in [0.05, 0.1) is 23.4 Å². The molecule has 0 unspecified atom stereocenters. The third kappa shape index (κ3) is 4.40. The van der Waals surface area contributed by atoms with Gasteiger partial charge in [0.25, 0.3) is 5.91 Å². The second-order valence-corrected chi connectivity index (χ2v) is 8.42. The van der Waals surface area contributed by atoms with Crippen molar-refractivity contribution in [1.29, 1.82) is 0 Å². The molecule has 3 aromatic rings. The van der Waals surface area contributed by atoms with E-state index in [-0.39, 0.29) is 5.91 Å². The van der Waals surface area contributed by atoms with Crippen molar-refractivity contribution in [2.75, 3.05) is 44.3 Å². The number of carbonyl (C=O) groups is 1. The largest absolute Gasteiger partial charge is 0.379 e. The first-order chi connectivity index (χ1) is 14.7. The number of ether oxygens (including phenoxy) is 1. The van der Waals surface area contributed by atoms with Crippen LogP contribution in [-0.4, -0.2) is 65.0 Å². The van der Waals surface area contributed by atoms with Crippen LogP contribution in [0, 0.1) is 0 Å². The lowest BCUT2D eigenvalue weighted by atomic mass is 10.1. The second kappa shape index (κ2) is 9.68. The van der Waals surface area contributed by atoms with Gasteiger partial charge in [0.1, 0.15) is 5.69 Å². The van der Waals surface area contributed by atoms with Gasteiger partial charge < -0.3 is 4.74 Å². The molecule has 4 rings (SSSR count). The van der Waals surface area contributed by atoms with Crippen molar-refractivity contribution in [3.05, 3.63) is 41.7 Å². The molecule has 0 N–H and O–H groups in total. The van der Waals surface area contributed by atoms with Crippen molar-refractivity contribution in [3.63, 3.8) is 0 Å². The fraction of sp³-hybridized carbons (Fsp3) is 0.500. The number of fused-ring (bicyclic) bond motifs is 1. The Morgan fingerprint density at radius 3 is 2.83 bits per heavy atom. The molecule has 0 atom stereocenters. The van der Waals surface area contributed by atoms with Crippen molar-refractivity contribution in [2.45, 2.75) is 33.2 Å². The summed E-state index contributed by atoms with van der Waals surface area (Å²) in [6, 6.07) is 8.07. The molecule has 1 aliphatic rings. The summed E-state index contributed by atoms with van der Waals surface area (Å²) in [5, 5.41) is 5.05. The van der Waals surface area contributed by atoms with Crippen LogP contribution in [0.15, 0.2) is 30.5 Å². The number of carbonyl (C=O) groups excluding carboxylic acids is 1. The number of benzene rings is 1. The zero-order chi connectivity index (χ0) is 20.9. The number of thiazole rings is 1. The van der Waals surface area contributed by atoms with Crippen LogP contribution < -0.4 is 4.90 Å². The standard InChI is InChI=1S/C22H29N5O2S/c1-3-17-7-5-8-19-20(17)24-22(30-19)26(12-6-11-25-13-15-29-16-14-25)21(28)18-9-10-23-27(18)4-2/h5,7-10H,3-4,6,11-16H2,1-2H3. The number of anilines is 1. The molecule has 160 valence electrons. The minimum absolute atomic E-state index is 0.0339. The average Bonchev–Trinajstić information content (AvgIpc) is 3.43. The maximum Gasteiger partial charge on any atom is 0.278 e. The van der Waals surface area contributed by atoms with Crippen LogP contribution in [-0.2, 0) is 17.7 Å². The van der Waals surface area contributed by atoms with Crippen molar-refractivity contribution in [1.82, 2.24) is 19.7 Å². The van der Waals surface area contributed by atoms with Crippen LogP contribution >= 0.6 is 11.3 Å². The molecule has 3 heterocycles. The zero-order valence-electron chi connectivity index (χ0n) is 17.7. The number of nitrogens with zero attached hydrogens (tertiary/aromatic N) is 5. The number of para-hydroxylation sites is 1. The van der Waals surface area contributed by atoms with Crippen LogP contribution in [0.25, 0.3) is 10.2 Å². The number of morpholine rings is 1. The van der Waals surface area contributed by atoms with Gasteiger partial charge in [-0.25, -0.2) is 4.98 Å². The summed E-state index contributed by atoms with van der Waals surface area (Å²) in [6.45, 7) is 9.87. The molecular weight excluding hydrogens is 398 g/mol. The van der Waals surface area contributed by atoms with Crippen molar-refractivity contribution < 1.29 is 9.53 Å². The molecule has 1 saturated heterocycles. The minimum atomic E-state index is -0.0339. The van der Waals surface area contributed by atoms with Gasteiger partial charge >= 0.3 is 0 Å². The van der Waals surface area contributed by atoms with E-state index in [9.17, 15) is 4.79 Å². The number of aromatic nitrogens is 3. The number of amides is 1. The topological polar surface area (TPSA) is 63.5 Å². The van der Waals surface area contributed by atoms with E-state index < -0.39 is 0 Å². The highest BCUT2D eigenvalue weighted by molar-refractivity contribution is 7.22. The SMILES string of the molecule is CCc1cccc2sc(N(CCCN3CCOCC3)C(=O)c3ccnn3CC)nc12. The minimum Gasteiger partial charge on any atom is -0.379 e. The van der Waals surface area contributed by atoms with Gasteiger partial charge in [0.15, 0.2) is 5.13 Å². The first-order valence-electron chi connectivity index (χ1n) is 10.7. The summed E-state index contributed by atoms with van der Waals surface area (Å²) < 4.78 is 8.32. The van der Waals surface area contributed by atoms with Crippen LogP contribution in [0.1, 0.15) is 36.3 Å². The van der Waals surface area contributed by atoms with E-state index in [2.05, 4.69) is 35.1 Å².